The van der Waals surface area contributed by atoms with Crippen molar-refractivity contribution in [1.82, 2.24) is 4.90 Å². The average Bonchev–Trinajstić information content (AvgIpc) is 2.34. The van der Waals surface area contributed by atoms with Crippen LogP contribution in [0.15, 0.2) is 24.3 Å². The number of nitrogens with zero attached hydrogens (tertiary/aromatic N) is 1. The number of unbranched alkanes of at least 4 members (excludes halogenated alkanes) is 2. The molecule has 1 aromatic rings. The van der Waals surface area contributed by atoms with Gasteiger partial charge in [0.15, 0.2) is 0 Å². The van der Waals surface area contributed by atoms with Crippen molar-refractivity contribution in [3.63, 3.8) is 0 Å². The first kappa shape index (κ1) is 14.5. The fraction of sp³-hybridized carbons (Fsp3) is 0.462. The van der Waals surface area contributed by atoms with E-state index in [9.17, 15) is 4.79 Å². The minimum Gasteiger partial charge on any atom is -0.342 e. The Balaban J connectivity index is 2.43. The van der Waals surface area contributed by atoms with Crippen LogP contribution >= 0.6 is 27.5 Å². The van der Waals surface area contributed by atoms with E-state index in [1.54, 1.807) is 29.2 Å². The lowest BCUT2D eigenvalue weighted by molar-refractivity contribution is 0.0793. The number of carbonyl (C=O) groups excluding carboxylic acids is 1. The van der Waals surface area contributed by atoms with Crippen LogP contribution in [0.2, 0.25) is 5.02 Å². The smallest absolute Gasteiger partial charge is 0.253 e. The lowest BCUT2D eigenvalue weighted by atomic mass is 10.2. The SMILES string of the molecule is CN(CCCCCBr)C(=O)c1ccc(Cl)cc1. The summed E-state index contributed by atoms with van der Waals surface area (Å²) in [6.45, 7) is 0.800. The minimum absolute atomic E-state index is 0.0560. The Morgan fingerprint density at radius 2 is 1.88 bits per heavy atom. The summed E-state index contributed by atoms with van der Waals surface area (Å²) >= 11 is 9.18. The third-order valence-corrected chi connectivity index (χ3v) is 3.38. The van der Waals surface area contributed by atoms with Gasteiger partial charge in [0.25, 0.3) is 5.91 Å². The van der Waals surface area contributed by atoms with Crippen molar-refractivity contribution >= 4 is 33.4 Å². The molecule has 0 saturated heterocycles. The van der Waals surface area contributed by atoms with Crippen molar-refractivity contribution in [1.29, 1.82) is 0 Å². The van der Waals surface area contributed by atoms with Crippen LogP contribution < -0.4 is 0 Å². The first-order valence-corrected chi connectivity index (χ1v) is 7.22. The number of hydrogen-bond acceptors (Lipinski definition) is 1. The van der Waals surface area contributed by atoms with Crippen molar-refractivity contribution in [3.8, 4) is 0 Å². The molecule has 4 heteroatoms. The Morgan fingerprint density at radius 3 is 2.47 bits per heavy atom. The monoisotopic (exact) mass is 317 g/mol. The van der Waals surface area contributed by atoms with Crippen molar-refractivity contribution < 1.29 is 4.79 Å². The molecule has 0 heterocycles. The van der Waals surface area contributed by atoms with E-state index < -0.39 is 0 Å². The van der Waals surface area contributed by atoms with Crippen molar-refractivity contribution in [2.24, 2.45) is 0 Å². The molecule has 1 aromatic carbocycles. The van der Waals surface area contributed by atoms with E-state index in [-0.39, 0.29) is 5.91 Å². The predicted octanol–water partition coefficient (Wildman–Crippen LogP) is 3.98. The van der Waals surface area contributed by atoms with Crippen LogP contribution in [0.25, 0.3) is 0 Å². The fourth-order valence-corrected chi connectivity index (χ4v) is 2.06. The van der Waals surface area contributed by atoms with Gasteiger partial charge in [0.2, 0.25) is 0 Å². The van der Waals surface area contributed by atoms with Gasteiger partial charge in [0.1, 0.15) is 0 Å². The summed E-state index contributed by atoms with van der Waals surface area (Å²) in [6, 6.07) is 7.01. The Bertz CT molecular complexity index is 353. The molecule has 0 radical (unpaired) electrons. The number of hydrogen-bond donors (Lipinski definition) is 0. The molecule has 94 valence electrons. The summed E-state index contributed by atoms with van der Waals surface area (Å²) in [5.74, 6) is 0.0560. The zero-order valence-corrected chi connectivity index (χ0v) is 12.3. The molecule has 0 saturated carbocycles. The molecular formula is C13H17BrClNO. The van der Waals surface area contributed by atoms with Gasteiger partial charge in [-0.1, -0.05) is 34.0 Å². The predicted molar refractivity (Wildman–Crippen MR) is 76.1 cm³/mol. The highest BCUT2D eigenvalue weighted by molar-refractivity contribution is 9.09. The molecule has 0 N–H and O–H groups in total. The maximum atomic E-state index is 12.0. The quantitative estimate of drug-likeness (QED) is 0.574. The van der Waals surface area contributed by atoms with Gasteiger partial charge in [0.05, 0.1) is 0 Å². The van der Waals surface area contributed by atoms with Gasteiger partial charge in [0, 0.05) is 29.5 Å². The van der Waals surface area contributed by atoms with Gasteiger partial charge in [-0.15, -0.1) is 0 Å². The van der Waals surface area contributed by atoms with Gasteiger partial charge in [-0.2, -0.15) is 0 Å². The van der Waals surface area contributed by atoms with Crippen LogP contribution in [0.4, 0.5) is 0 Å². The summed E-state index contributed by atoms with van der Waals surface area (Å²) in [5.41, 5.74) is 0.692. The van der Waals surface area contributed by atoms with E-state index in [1.807, 2.05) is 7.05 Å². The summed E-state index contributed by atoms with van der Waals surface area (Å²) in [4.78, 5) is 13.8. The molecule has 0 aliphatic rings. The highest BCUT2D eigenvalue weighted by Crippen LogP contribution is 2.11. The summed E-state index contributed by atoms with van der Waals surface area (Å²) < 4.78 is 0. The molecule has 17 heavy (non-hydrogen) atoms. The Hall–Kier alpha value is -0.540. The number of benzene rings is 1. The first-order chi connectivity index (χ1) is 8.15. The maximum absolute atomic E-state index is 12.0. The molecule has 1 amide bonds. The van der Waals surface area contributed by atoms with Crippen LogP contribution in [-0.4, -0.2) is 29.7 Å². The normalized spacial score (nSPS) is 10.3. The van der Waals surface area contributed by atoms with Gasteiger partial charge < -0.3 is 4.90 Å². The van der Waals surface area contributed by atoms with Gasteiger partial charge in [-0.25, -0.2) is 0 Å². The van der Waals surface area contributed by atoms with Gasteiger partial charge >= 0.3 is 0 Å². The number of carbonyl (C=O) groups is 1. The molecule has 0 spiro atoms. The Morgan fingerprint density at radius 1 is 1.24 bits per heavy atom. The first-order valence-electron chi connectivity index (χ1n) is 5.72. The number of amides is 1. The molecule has 2 nitrogen and oxygen atoms in total. The molecule has 0 aliphatic heterocycles. The van der Waals surface area contributed by atoms with E-state index in [0.29, 0.717) is 10.6 Å². The Labute approximate surface area is 116 Å². The number of alkyl halides is 1. The maximum Gasteiger partial charge on any atom is 0.253 e. The van der Waals surface area contributed by atoms with E-state index in [2.05, 4.69) is 15.9 Å². The van der Waals surface area contributed by atoms with Crippen LogP contribution in [0.3, 0.4) is 0 Å². The molecule has 0 atom stereocenters. The van der Waals surface area contributed by atoms with Crippen LogP contribution in [0, 0.1) is 0 Å². The fourth-order valence-electron chi connectivity index (χ4n) is 1.53. The third kappa shape index (κ3) is 5.09. The number of halogens is 2. The zero-order chi connectivity index (χ0) is 12.7. The minimum atomic E-state index is 0.0560. The molecular weight excluding hydrogens is 302 g/mol. The van der Waals surface area contributed by atoms with Crippen LogP contribution in [0.5, 0.6) is 0 Å². The van der Waals surface area contributed by atoms with Gasteiger partial charge in [-0.05, 0) is 37.1 Å². The summed E-state index contributed by atoms with van der Waals surface area (Å²) in [7, 11) is 1.84. The van der Waals surface area contributed by atoms with Crippen molar-refractivity contribution in [2.75, 3.05) is 18.9 Å². The standard InChI is InChI=1S/C13H17BrClNO/c1-16(10-4-2-3-9-14)13(17)11-5-7-12(15)8-6-11/h5-8H,2-4,9-10H2,1H3. The largest absolute Gasteiger partial charge is 0.342 e. The molecule has 0 bridgehead atoms. The van der Waals surface area contributed by atoms with Crippen LogP contribution in [-0.2, 0) is 0 Å². The van der Waals surface area contributed by atoms with E-state index in [1.165, 1.54) is 0 Å². The topological polar surface area (TPSA) is 20.3 Å². The highest BCUT2D eigenvalue weighted by Gasteiger charge is 2.10. The second-order valence-corrected chi connectivity index (χ2v) is 5.21. The lowest BCUT2D eigenvalue weighted by Gasteiger charge is -2.17. The summed E-state index contributed by atoms with van der Waals surface area (Å²) in [5, 5.41) is 1.68. The van der Waals surface area contributed by atoms with Gasteiger partial charge in [-0.3, -0.25) is 4.79 Å². The zero-order valence-electron chi connectivity index (χ0n) is 9.96. The van der Waals surface area contributed by atoms with Crippen molar-refractivity contribution in [2.45, 2.75) is 19.3 Å². The summed E-state index contributed by atoms with van der Waals surface area (Å²) in [6.07, 6.45) is 3.34. The lowest BCUT2D eigenvalue weighted by Crippen LogP contribution is -2.27. The third-order valence-electron chi connectivity index (χ3n) is 2.57. The van der Waals surface area contributed by atoms with E-state index in [4.69, 9.17) is 11.6 Å². The highest BCUT2D eigenvalue weighted by atomic mass is 79.9. The second kappa shape index (κ2) is 7.72. The molecule has 0 aliphatic carbocycles. The molecule has 0 aromatic heterocycles. The molecule has 0 fully saturated rings. The van der Waals surface area contributed by atoms with E-state index in [0.717, 1.165) is 31.1 Å². The van der Waals surface area contributed by atoms with Crippen molar-refractivity contribution in [3.05, 3.63) is 34.9 Å². The van der Waals surface area contributed by atoms with Crippen LogP contribution in [0.1, 0.15) is 29.6 Å². The molecule has 1 rings (SSSR count). The van der Waals surface area contributed by atoms with E-state index >= 15 is 0 Å². The molecule has 0 unspecified atom stereocenters. The average molecular weight is 319 g/mol. The Kier molecular flexibility index (Phi) is 6.60. The number of rotatable bonds is 6. The second-order valence-electron chi connectivity index (χ2n) is 3.98.